The molecule has 28 heavy (non-hydrogen) atoms. The van der Waals surface area contributed by atoms with Crippen LogP contribution in [0.25, 0.3) is 0 Å². The molecule has 1 aromatic carbocycles. The van der Waals surface area contributed by atoms with Gasteiger partial charge in [-0.05, 0) is 30.5 Å². The second-order valence-electron chi connectivity index (χ2n) is 6.72. The Kier molecular flexibility index (Phi) is 7.67. The molecule has 6 nitrogen and oxygen atoms in total. The maximum Gasteiger partial charge on any atom is 0.573 e. The molecule has 152 valence electrons. The normalized spacial score (nSPS) is 15.9. The number of rotatable bonds is 7. The first-order chi connectivity index (χ1) is 13.3. The molecule has 0 heterocycles. The lowest BCUT2D eigenvalue weighted by Gasteiger charge is -2.26. The molecule has 9 heteroatoms. The maximum absolute atomic E-state index is 12.5. The number of carbonyl (C=O) groups is 2. The number of hydrogen-bond acceptors (Lipinski definition) is 4. The molecule has 2 amide bonds. The van der Waals surface area contributed by atoms with E-state index >= 15 is 0 Å². The van der Waals surface area contributed by atoms with Gasteiger partial charge in [0.15, 0.2) is 0 Å². The Balaban J connectivity index is 2.08. The highest BCUT2D eigenvalue weighted by atomic mass is 19.4. The second-order valence-corrected chi connectivity index (χ2v) is 6.72. The lowest BCUT2D eigenvalue weighted by Crippen LogP contribution is -2.48. The summed E-state index contributed by atoms with van der Waals surface area (Å²) in [6.45, 7) is -0.190. The largest absolute Gasteiger partial charge is 0.573 e. The van der Waals surface area contributed by atoms with Gasteiger partial charge in [-0.3, -0.25) is 9.59 Å². The Morgan fingerprint density at radius 2 is 1.96 bits per heavy atom. The number of amides is 2. The van der Waals surface area contributed by atoms with Crippen LogP contribution < -0.4 is 15.4 Å². The molecule has 0 radical (unpaired) electrons. The Morgan fingerprint density at radius 1 is 1.25 bits per heavy atom. The number of nitriles is 1. The van der Waals surface area contributed by atoms with E-state index < -0.39 is 30.0 Å². The molecule has 0 aliphatic heterocycles. The zero-order chi connectivity index (χ0) is 20.6. The zero-order valence-electron chi connectivity index (χ0n) is 15.2. The molecule has 2 rings (SSSR count). The van der Waals surface area contributed by atoms with Gasteiger partial charge >= 0.3 is 6.36 Å². The van der Waals surface area contributed by atoms with Crippen molar-refractivity contribution in [2.24, 2.45) is 5.92 Å². The van der Waals surface area contributed by atoms with Crippen molar-refractivity contribution in [3.63, 3.8) is 0 Å². The van der Waals surface area contributed by atoms with E-state index in [1.807, 2.05) is 0 Å². The van der Waals surface area contributed by atoms with Crippen molar-refractivity contribution in [3.05, 3.63) is 29.8 Å². The summed E-state index contributed by atoms with van der Waals surface area (Å²) in [7, 11) is 0. The summed E-state index contributed by atoms with van der Waals surface area (Å²) in [5.41, 5.74) is -0.0523. The second kappa shape index (κ2) is 9.97. The van der Waals surface area contributed by atoms with Gasteiger partial charge in [-0.25, -0.2) is 0 Å². The number of alkyl halides is 3. The van der Waals surface area contributed by atoms with Crippen molar-refractivity contribution in [2.75, 3.05) is 6.54 Å². The lowest BCUT2D eigenvalue weighted by molar-refractivity contribution is -0.274. The monoisotopic (exact) mass is 397 g/mol. The van der Waals surface area contributed by atoms with Gasteiger partial charge in [0.2, 0.25) is 5.91 Å². The standard InChI is InChI=1S/C19H22F3N3O3/c20-19(21,22)28-15-8-4-7-14(12-15)17(26)25-16(18(27)24-10-9-23)11-13-5-2-1-3-6-13/h4,7-8,12-13,16H,1-3,5-6,10-11H2,(H,24,27)(H,25,26)/t16-/m0/s1. The van der Waals surface area contributed by atoms with Crippen LogP contribution in [0.2, 0.25) is 0 Å². The van der Waals surface area contributed by atoms with Gasteiger partial charge < -0.3 is 15.4 Å². The number of ether oxygens (including phenoxy) is 1. The number of halogens is 3. The molecular formula is C19H22F3N3O3. The zero-order valence-corrected chi connectivity index (χ0v) is 15.2. The Morgan fingerprint density at radius 3 is 2.61 bits per heavy atom. The molecule has 0 unspecified atom stereocenters. The van der Waals surface area contributed by atoms with Gasteiger partial charge in [-0.2, -0.15) is 5.26 Å². The van der Waals surface area contributed by atoms with Gasteiger partial charge in [0, 0.05) is 5.56 Å². The molecule has 0 aromatic heterocycles. The van der Waals surface area contributed by atoms with Gasteiger partial charge in [0.1, 0.15) is 18.3 Å². The minimum atomic E-state index is -4.87. The molecule has 1 saturated carbocycles. The highest BCUT2D eigenvalue weighted by molar-refractivity contribution is 5.97. The number of nitrogens with one attached hydrogen (secondary N) is 2. The maximum atomic E-state index is 12.5. The fraction of sp³-hybridized carbons (Fsp3) is 0.526. The SMILES string of the molecule is N#CCNC(=O)[C@H](CC1CCCCC1)NC(=O)c1cccc(OC(F)(F)F)c1. The van der Waals surface area contributed by atoms with Crippen molar-refractivity contribution in [2.45, 2.75) is 50.9 Å². The van der Waals surface area contributed by atoms with Crippen LogP contribution >= 0.6 is 0 Å². The quantitative estimate of drug-likeness (QED) is 0.691. The van der Waals surface area contributed by atoms with Gasteiger partial charge in [0.25, 0.3) is 5.91 Å². The molecular weight excluding hydrogens is 375 g/mol. The molecule has 1 aliphatic carbocycles. The van der Waals surface area contributed by atoms with Gasteiger partial charge in [0.05, 0.1) is 6.07 Å². The molecule has 0 bridgehead atoms. The molecule has 1 aliphatic rings. The first kappa shape index (κ1) is 21.5. The third kappa shape index (κ3) is 7.10. The van der Waals surface area contributed by atoms with Crippen LogP contribution in [0.1, 0.15) is 48.9 Å². The van der Waals surface area contributed by atoms with E-state index in [1.54, 1.807) is 6.07 Å². The summed E-state index contributed by atoms with van der Waals surface area (Å²) >= 11 is 0. The van der Waals surface area contributed by atoms with Crippen LogP contribution in [0, 0.1) is 17.2 Å². The Bertz CT molecular complexity index is 725. The van der Waals surface area contributed by atoms with E-state index in [0.29, 0.717) is 6.42 Å². The fourth-order valence-corrected chi connectivity index (χ4v) is 3.31. The van der Waals surface area contributed by atoms with Crippen LogP contribution in [-0.2, 0) is 4.79 Å². The van der Waals surface area contributed by atoms with Crippen LogP contribution in [-0.4, -0.2) is 30.8 Å². The van der Waals surface area contributed by atoms with Crippen molar-refractivity contribution >= 4 is 11.8 Å². The average Bonchev–Trinajstić information content (AvgIpc) is 2.65. The Labute approximate surface area is 161 Å². The molecule has 0 spiro atoms. The van der Waals surface area contributed by atoms with Crippen LogP contribution in [0.5, 0.6) is 5.75 Å². The van der Waals surface area contributed by atoms with Crippen molar-refractivity contribution in [1.82, 2.24) is 10.6 Å². The number of hydrogen-bond donors (Lipinski definition) is 2. The van der Waals surface area contributed by atoms with Crippen molar-refractivity contribution < 1.29 is 27.5 Å². The fourth-order valence-electron chi connectivity index (χ4n) is 3.31. The van der Waals surface area contributed by atoms with Gasteiger partial charge in [-0.1, -0.05) is 38.2 Å². The lowest BCUT2D eigenvalue weighted by atomic mass is 9.84. The highest BCUT2D eigenvalue weighted by Gasteiger charge is 2.31. The predicted octanol–water partition coefficient (Wildman–Crippen LogP) is 3.29. The molecule has 1 fully saturated rings. The third-order valence-corrected chi connectivity index (χ3v) is 4.59. The van der Waals surface area contributed by atoms with E-state index in [-0.39, 0.29) is 18.0 Å². The minimum absolute atomic E-state index is 0.0523. The summed E-state index contributed by atoms with van der Waals surface area (Å²) < 4.78 is 40.9. The van der Waals surface area contributed by atoms with Crippen LogP contribution in [0.3, 0.4) is 0 Å². The highest BCUT2D eigenvalue weighted by Crippen LogP contribution is 2.28. The van der Waals surface area contributed by atoms with Crippen molar-refractivity contribution in [1.29, 1.82) is 5.26 Å². The number of benzene rings is 1. The number of nitrogens with zero attached hydrogens (tertiary/aromatic N) is 1. The first-order valence-corrected chi connectivity index (χ1v) is 9.10. The topological polar surface area (TPSA) is 91.2 Å². The van der Waals surface area contributed by atoms with Gasteiger partial charge in [-0.15, -0.1) is 13.2 Å². The summed E-state index contributed by atoms with van der Waals surface area (Å²) in [5, 5.41) is 13.7. The summed E-state index contributed by atoms with van der Waals surface area (Å²) in [5.74, 6) is -1.41. The number of carbonyl (C=O) groups excluding carboxylic acids is 2. The smallest absolute Gasteiger partial charge is 0.406 e. The van der Waals surface area contributed by atoms with E-state index in [4.69, 9.17) is 5.26 Å². The minimum Gasteiger partial charge on any atom is -0.406 e. The summed E-state index contributed by atoms with van der Waals surface area (Å²) in [4.78, 5) is 24.8. The molecule has 2 N–H and O–H groups in total. The van der Waals surface area contributed by atoms with E-state index in [9.17, 15) is 22.8 Å². The molecule has 1 atom stereocenters. The van der Waals surface area contributed by atoms with E-state index in [0.717, 1.165) is 44.2 Å². The summed E-state index contributed by atoms with van der Waals surface area (Å²) in [6, 6.07) is 5.59. The van der Waals surface area contributed by atoms with E-state index in [2.05, 4.69) is 15.4 Å². The van der Waals surface area contributed by atoms with Crippen LogP contribution in [0.4, 0.5) is 13.2 Å². The Hall–Kier alpha value is -2.76. The predicted molar refractivity (Wildman–Crippen MR) is 94.2 cm³/mol. The summed E-state index contributed by atoms with van der Waals surface area (Å²) in [6.07, 6.45) is 0.710. The van der Waals surface area contributed by atoms with Crippen LogP contribution in [0.15, 0.2) is 24.3 Å². The van der Waals surface area contributed by atoms with Crippen molar-refractivity contribution in [3.8, 4) is 11.8 Å². The average molecular weight is 397 g/mol. The third-order valence-electron chi connectivity index (χ3n) is 4.59. The molecule has 0 saturated heterocycles. The van der Waals surface area contributed by atoms with E-state index in [1.165, 1.54) is 12.1 Å². The molecule has 1 aromatic rings. The first-order valence-electron chi connectivity index (χ1n) is 9.10.